The summed E-state index contributed by atoms with van der Waals surface area (Å²) in [4.78, 5) is 6.39. The molecule has 0 fully saturated rings. The van der Waals surface area contributed by atoms with Crippen molar-refractivity contribution in [1.82, 2.24) is 9.88 Å². The maximum atomic E-state index is 3.72. The normalized spacial score (nSPS) is 19.6. The van der Waals surface area contributed by atoms with E-state index in [1.54, 1.807) is 5.56 Å². The number of aromatic amines is 1. The van der Waals surface area contributed by atoms with Gasteiger partial charge in [0.15, 0.2) is 0 Å². The fourth-order valence-corrected chi connectivity index (χ4v) is 5.39. The molecule has 2 aliphatic rings. The Morgan fingerprint density at radius 3 is 2.77 bits per heavy atom. The zero-order valence-electron chi connectivity index (χ0n) is 18.3. The van der Waals surface area contributed by atoms with E-state index >= 15 is 0 Å². The Morgan fingerprint density at radius 1 is 1.07 bits per heavy atom. The van der Waals surface area contributed by atoms with Gasteiger partial charge in [-0.2, -0.15) is 0 Å². The van der Waals surface area contributed by atoms with Crippen LogP contribution in [0.5, 0.6) is 0 Å². The van der Waals surface area contributed by atoms with E-state index < -0.39 is 0 Å². The highest BCUT2D eigenvalue weighted by molar-refractivity contribution is 5.85. The zero-order chi connectivity index (χ0) is 20.3. The second-order valence-corrected chi connectivity index (χ2v) is 9.28. The number of hydrogen-bond donors (Lipinski definition) is 1. The third kappa shape index (κ3) is 4.11. The molecule has 0 bridgehead atoms. The van der Waals surface area contributed by atoms with Gasteiger partial charge < -0.3 is 4.98 Å². The van der Waals surface area contributed by atoms with Gasteiger partial charge >= 0.3 is 0 Å². The number of aromatic nitrogens is 1. The SMILES string of the molecule is CCCCc1ccc2[nH]c3c(c2c1)CC(CN1CC=C(c2ccccc2)CC1)CC3. The largest absolute Gasteiger partial charge is 0.358 e. The van der Waals surface area contributed by atoms with Crippen LogP contribution < -0.4 is 0 Å². The van der Waals surface area contributed by atoms with E-state index in [0.29, 0.717) is 0 Å². The van der Waals surface area contributed by atoms with E-state index in [9.17, 15) is 0 Å². The van der Waals surface area contributed by atoms with Crippen LogP contribution in [0.3, 0.4) is 0 Å². The quantitative estimate of drug-likeness (QED) is 0.509. The minimum Gasteiger partial charge on any atom is -0.358 e. The van der Waals surface area contributed by atoms with Crippen LogP contribution in [-0.2, 0) is 19.3 Å². The van der Waals surface area contributed by atoms with Gasteiger partial charge in [-0.05, 0) is 78.8 Å². The Morgan fingerprint density at radius 2 is 1.97 bits per heavy atom. The highest BCUT2D eigenvalue weighted by atomic mass is 15.1. The van der Waals surface area contributed by atoms with Crippen LogP contribution in [-0.4, -0.2) is 29.5 Å². The predicted molar refractivity (Wildman–Crippen MR) is 128 cm³/mol. The van der Waals surface area contributed by atoms with Crippen molar-refractivity contribution in [3.8, 4) is 0 Å². The van der Waals surface area contributed by atoms with E-state index in [-0.39, 0.29) is 0 Å². The maximum absolute atomic E-state index is 3.72. The Hall–Kier alpha value is -2.32. The van der Waals surface area contributed by atoms with E-state index in [1.807, 2.05) is 0 Å². The summed E-state index contributed by atoms with van der Waals surface area (Å²) in [6.45, 7) is 5.81. The average Bonchev–Trinajstić information content (AvgIpc) is 3.16. The first-order valence-corrected chi connectivity index (χ1v) is 11.9. The van der Waals surface area contributed by atoms with Crippen molar-refractivity contribution in [2.45, 2.75) is 51.9 Å². The van der Waals surface area contributed by atoms with Crippen LogP contribution >= 0.6 is 0 Å². The van der Waals surface area contributed by atoms with Crippen LogP contribution in [0.15, 0.2) is 54.6 Å². The smallest absolute Gasteiger partial charge is 0.0459 e. The topological polar surface area (TPSA) is 19.0 Å². The minimum absolute atomic E-state index is 0.780. The average molecular weight is 399 g/mol. The van der Waals surface area contributed by atoms with Gasteiger partial charge in [-0.15, -0.1) is 0 Å². The van der Waals surface area contributed by atoms with Gasteiger partial charge in [0.1, 0.15) is 0 Å². The summed E-state index contributed by atoms with van der Waals surface area (Å²) in [5.74, 6) is 0.780. The fraction of sp³-hybridized carbons (Fsp3) is 0.429. The fourth-order valence-electron chi connectivity index (χ4n) is 5.39. The van der Waals surface area contributed by atoms with Gasteiger partial charge in [-0.3, -0.25) is 4.90 Å². The van der Waals surface area contributed by atoms with Crippen LogP contribution in [0.25, 0.3) is 16.5 Å². The molecule has 2 nitrogen and oxygen atoms in total. The molecule has 2 heterocycles. The molecule has 3 aromatic rings. The van der Waals surface area contributed by atoms with Gasteiger partial charge in [0, 0.05) is 36.2 Å². The Kier molecular flexibility index (Phi) is 5.77. The molecule has 1 N–H and O–H groups in total. The van der Waals surface area contributed by atoms with Crippen molar-refractivity contribution in [1.29, 1.82) is 0 Å². The molecule has 0 saturated carbocycles. The number of unbranched alkanes of at least 4 members (excludes halogenated alkanes) is 1. The third-order valence-electron chi connectivity index (χ3n) is 7.13. The molecule has 0 amide bonds. The Balaban J connectivity index is 1.26. The minimum atomic E-state index is 0.780. The van der Waals surface area contributed by atoms with Gasteiger partial charge in [-0.25, -0.2) is 0 Å². The predicted octanol–water partition coefficient (Wildman–Crippen LogP) is 6.40. The van der Waals surface area contributed by atoms with E-state index in [1.165, 1.54) is 91.3 Å². The van der Waals surface area contributed by atoms with Crippen LogP contribution in [0.2, 0.25) is 0 Å². The number of aryl methyl sites for hydroxylation is 2. The van der Waals surface area contributed by atoms with Crippen molar-refractivity contribution < 1.29 is 0 Å². The molecular formula is C28H34N2. The summed E-state index contributed by atoms with van der Waals surface area (Å²) in [5.41, 5.74) is 8.87. The molecule has 1 aliphatic heterocycles. The molecule has 156 valence electrons. The van der Waals surface area contributed by atoms with E-state index in [4.69, 9.17) is 0 Å². The van der Waals surface area contributed by atoms with Crippen LogP contribution in [0.1, 0.15) is 55.0 Å². The van der Waals surface area contributed by atoms with Crippen molar-refractivity contribution in [2.24, 2.45) is 5.92 Å². The van der Waals surface area contributed by atoms with Gasteiger partial charge in [0.25, 0.3) is 0 Å². The molecule has 1 unspecified atom stereocenters. The molecule has 1 atom stereocenters. The first kappa shape index (κ1) is 19.6. The molecule has 0 saturated heterocycles. The second kappa shape index (κ2) is 8.81. The lowest BCUT2D eigenvalue weighted by Crippen LogP contribution is -2.35. The lowest BCUT2D eigenvalue weighted by Gasteiger charge is -2.32. The lowest BCUT2D eigenvalue weighted by atomic mass is 9.85. The van der Waals surface area contributed by atoms with Gasteiger partial charge in [0.05, 0.1) is 0 Å². The molecule has 2 heteroatoms. The van der Waals surface area contributed by atoms with Crippen molar-refractivity contribution >= 4 is 16.5 Å². The van der Waals surface area contributed by atoms with Crippen molar-refractivity contribution in [2.75, 3.05) is 19.6 Å². The molecule has 1 aliphatic carbocycles. The summed E-state index contributed by atoms with van der Waals surface area (Å²) < 4.78 is 0. The maximum Gasteiger partial charge on any atom is 0.0459 e. The molecule has 0 radical (unpaired) electrons. The molecule has 5 rings (SSSR count). The van der Waals surface area contributed by atoms with Crippen molar-refractivity contribution in [3.63, 3.8) is 0 Å². The van der Waals surface area contributed by atoms with Crippen molar-refractivity contribution in [3.05, 3.63) is 77.0 Å². The number of nitrogens with zero attached hydrogens (tertiary/aromatic N) is 1. The van der Waals surface area contributed by atoms with E-state index in [2.05, 4.69) is 71.4 Å². The van der Waals surface area contributed by atoms with Crippen LogP contribution in [0.4, 0.5) is 0 Å². The lowest BCUT2D eigenvalue weighted by molar-refractivity contribution is 0.238. The monoisotopic (exact) mass is 398 g/mol. The molecular weight excluding hydrogens is 364 g/mol. The number of nitrogens with one attached hydrogen (secondary N) is 1. The Bertz CT molecular complexity index is 1030. The summed E-state index contributed by atoms with van der Waals surface area (Å²) in [6.07, 6.45) is 11.1. The summed E-state index contributed by atoms with van der Waals surface area (Å²) in [6, 6.07) is 18.0. The van der Waals surface area contributed by atoms with Crippen LogP contribution in [0, 0.1) is 5.92 Å². The van der Waals surface area contributed by atoms with E-state index in [0.717, 1.165) is 12.5 Å². The number of H-pyrrole nitrogens is 1. The van der Waals surface area contributed by atoms with Gasteiger partial charge in [0.2, 0.25) is 0 Å². The molecule has 0 spiro atoms. The van der Waals surface area contributed by atoms with Gasteiger partial charge in [-0.1, -0.05) is 55.8 Å². The Labute approximate surface area is 181 Å². The zero-order valence-corrected chi connectivity index (χ0v) is 18.3. The number of hydrogen-bond acceptors (Lipinski definition) is 1. The molecule has 2 aromatic carbocycles. The second-order valence-electron chi connectivity index (χ2n) is 9.28. The first-order chi connectivity index (χ1) is 14.8. The highest BCUT2D eigenvalue weighted by Crippen LogP contribution is 2.33. The number of rotatable bonds is 6. The molecule has 30 heavy (non-hydrogen) atoms. The summed E-state index contributed by atoms with van der Waals surface area (Å²) >= 11 is 0. The summed E-state index contributed by atoms with van der Waals surface area (Å²) in [5, 5.41) is 1.49. The molecule has 1 aromatic heterocycles. The third-order valence-corrected chi connectivity index (χ3v) is 7.13. The highest BCUT2D eigenvalue weighted by Gasteiger charge is 2.25. The number of benzene rings is 2. The number of fused-ring (bicyclic) bond motifs is 3. The summed E-state index contributed by atoms with van der Waals surface area (Å²) in [7, 11) is 0. The standard InChI is InChI=1S/C28H34N2/c1-2-3-7-21-10-12-27-25(18-21)26-19-22(11-13-28(26)29-27)20-30-16-14-24(15-17-30)23-8-5-4-6-9-23/h4-6,8-10,12,14,18,22,29H,2-3,7,11,13,15-17,19-20H2,1H3. The first-order valence-electron chi connectivity index (χ1n) is 11.9.